The molecule has 0 aliphatic heterocycles. The fourth-order valence-electron chi connectivity index (χ4n) is 3.62. The molecule has 0 amide bonds. The minimum atomic E-state index is -4.37. The van der Waals surface area contributed by atoms with E-state index in [2.05, 4.69) is 4.98 Å². The van der Waals surface area contributed by atoms with Crippen LogP contribution in [0.3, 0.4) is 0 Å². The van der Waals surface area contributed by atoms with Crippen molar-refractivity contribution in [1.29, 1.82) is 0 Å². The Bertz CT molecular complexity index is 1100. The number of aromatic nitrogens is 1. The van der Waals surface area contributed by atoms with Crippen LogP contribution in [-0.2, 0) is 23.8 Å². The summed E-state index contributed by atoms with van der Waals surface area (Å²) in [5.41, 5.74) is 2.58. The van der Waals surface area contributed by atoms with Crippen molar-refractivity contribution in [2.45, 2.75) is 58.5 Å². The summed E-state index contributed by atoms with van der Waals surface area (Å²) in [7, 11) is 0. The minimum absolute atomic E-state index is 0.109. The van der Waals surface area contributed by atoms with Crippen LogP contribution in [0.4, 0.5) is 13.2 Å². The first-order chi connectivity index (χ1) is 16.1. The topological polar surface area (TPSA) is 72.6 Å². The number of hydrogen-bond acceptors (Lipinski definition) is 4. The largest absolute Gasteiger partial charge is 0.494 e. The van der Waals surface area contributed by atoms with Crippen molar-refractivity contribution in [3.05, 3.63) is 70.6 Å². The molecule has 0 bridgehead atoms. The summed E-state index contributed by atoms with van der Waals surface area (Å²) in [6.45, 7) is 4.35. The second kappa shape index (κ2) is 11.2. The normalized spacial score (nSPS) is 11.6. The van der Waals surface area contributed by atoms with Crippen molar-refractivity contribution in [2.24, 2.45) is 0 Å². The SMILES string of the molecule is Cc1cc(OCCCCCc2oc(-c3ccc(C(F)(F)F)cc3)nc2C)ccc1CCC(=O)O. The summed E-state index contributed by atoms with van der Waals surface area (Å²) in [6.07, 6.45) is -0.412. The molecule has 0 radical (unpaired) electrons. The number of halogens is 3. The van der Waals surface area contributed by atoms with E-state index in [1.54, 1.807) is 0 Å². The summed E-state index contributed by atoms with van der Waals surface area (Å²) < 4.78 is 49.8. The third-order valence-corrected chi connectivity index (χ3v) is 5.59. The molecule has 0 saturated heterocycles. The first-order valence-corrected chi connectivity index (χ1v) is 11.2. The zero-order chi connectivity index (χ0) is 24.7. The molecular weight excluding hydrogens is 447 g/mol. The van der Waals surface area contributed by atoms with Gasteiger partial charge >= 0.3 is 12.1 Å². The summed E-state index contributed by atoms with van der Waals surface area (Å²) in [6, 6.07) is 10.5. The van der Waals surface area contributed by atoms with Crippen LogP contribution in [0, 0.1) is 13.8 Å². The molecule has 0 fully saturated rings. The zero-order valence-electron chi connectivity index (χ0n) is 19.2. The van der Waals surface area contributed by atoms with Crippen molar-refractivity contribution in [2.75, 3.05) is 6.61 Å². The molecule has 0 atom stereocenters. The van der Waals surface area contributed by atoms with Crippen LogP contribution in [0.1, 0.15) is 53.8 Å². The zero-order valence-corrected chi connectivity index (χ0v) is 19.2. The Kier molecular flexibility index (Phi) is 8.36. The van der Waals surface area contributed by atoms with E-state index in [4.69, 9.17) is 14.3 Å². The van der Waals surface area contributed by atoms with Gasteiger partial charge in [0.05, 0.1) is 17.9 Å². The number of oxazole rings is 1. The quantitative estimate of drug-likeness (QED) is 0.309. The molecule has 8 heteroatoms. The molecule has 3 rings (SSSR count). The number of alkyl halides is 3. The third-order valence-electron chi connectivity index (χ3n) is 5.59. The molecule has 34 heavy (non-hydrogen) atoms. The van der Waals surface area contributed by atoms with Gasteiger partial charge in [-0.25, -0.2) is 4.98 Å². The maximum absolute atomic E-state index is 12.7. The van der Waals surface area contributed by atoms with Crippen LogP contribution < -0.4 is 4.74 Å². The number of hydrogen-bond donors (Lipinski definition) is 1. The van der Waals surface area contributed by atoms with Gasteiger partial charge in [0.1, 0.15) is 11.5 Å². The van der Waals surface area contributed by atoms with E-state index in [1.807, 2.05) is 32.0 Å². The monoisotopic (exact) mass is 475 g/mol. The van der Waals surface area contributed by atoms with Gasteiger partial charge in [-0.1, -0.05) is 6.07 Å². The molecule has 0 saturated carbocycles. The first-order valence-electron chi connectivity index (χ1n) is 11.2. The van der Waals surface area contributed by atoms with E-state index in [0.29, 0.717) is 30.9 Å². The number of unbranched alkanes of at least 4 members (excludes halogenated alkanes) is 2. The van der Waals surface area contributed by atoms with Gasteiger partial charge in [0, 0.05) is 18.4 Å². The van der Waals surface area contributed by atoms with Crippen LogP contribution in [-0.4, -0.2) is 22.7 Å². The van der Waals surface area contributed by atoms with Crippen molar-refractivity contribution < 1.29 is 32.2 Å². The van der Waals surface area contributed by atoms with Crippen LogP contribution in [0.25, 0.3) is 11.5 Å². The molecule has 0 aliphatic carbocycles. The van der Waals surface area contributed by atoms with E-state index in [1.165, 1.54) is 12.1 Å². The highest BCUT2D eigenvalue weighted by atomic mass is 19.4. The number of carbonyl (C=O) groups is 1. The van der Waals surface area contributed by atoms with Crippen LogP contribution in [0.2, 0.25) is 0 Å². The standard InChI is InChI=1S/C26H28F3NO4/c1-17-16-22(13-9-19(17)10-14-24(31)32)33-15-5-3-4-6-23-18(2)30-25(34-23)20-7-11-21(12-8-20)26(27,28)29/h7-9,11-13,16H,3-6,10,14-15H2,1-2H3,(H,31,32). The van der Waals surface area contributed by atoms with Crippen molar-refractivity contribution in [3.8, 4) is 17.2 Å². The first kappa shape index (κ1) is 25.3. The average molecular weight is 476 g/mol. The van der Waals surface area contributed by atoms with Gasteiger partial charge in [-0.05, 0) is 87.1 Å². The lowest BCUT2D eigenvalue weighted by Gasteiger charge is -2.10. The molecule has 5 nitrogen and oxygen atoms in total. The predicted octanol–water partition coefficient (Wildman–Crippen LogP) is 6.79. The van der Waals surface area contributed by atoms with Gasteiger partial charge in [0.2, 0.25) is 5.89 Å². The van der Waals surface area contributed by atoms with Gasteiger partial charge in [-0.15, -0.1) is 0 Å². The average Bonchev–Trinajstić information content (AvgIpc) is 3.15. The third kappa shape index (κ3) is 7.10. The lowest BCUT2D eigenvalue weighted by molar-refractivity contribution is -0.138. The van der Waals surface area contributed by atoms with Gasteiger partial charge in [0.15, 0.2) is 0 Å². The highest BCUT2D eigenvalue weighted by molar-refractivity contribution is 5.67. The van der Waals surface area contributed by atoms with Gasteiger partial charge < -0.3 is 14.3 Å². The van der Waals surface area contributed by atoms with Crippen LogP contribution in [0.5, 0.6) is 5.75 Å². The Hall–Kier alpha value is -3.29. The fraction of sp³-hybridized carbons (Fsp3) is 0.385. The van der Waals surface area contributed by atoms with E-state index in [9.17, 15) is 18.0 Å². The number of benzene rings is 2. The summed E-state index contributed by atoms with van der Waals surface area (Å²) in [4.78, 5) is 15.1. The molecule has 0 aliphatic rings. The lowest BCUT2D eigenvalue weighted by atomic mass is 10.0. The van der Waals surface area contributed by atoms with Crippen LogP contribution in [0.15, 0.2) is 46.9 Å². The predicted molar refractivity (Wildman–Crippen MR) is 122 cm³/mol. The van der Waals surface area contributed by atoms with Crippen molar-refractivity contribution >= 4 is 5.97 Å². The number of carboxylic acids is 1. The Labute approximate surface area is 196 Å². The van der Waals surface area contributed by atoms with Gasteiger partial charge in [-0.2, -0.15) is 13.2 Å². The molecule has 2 aromatic carbocycles. The Morgan fingerprint density at radius 1 is 1.03 bits per heavy atom. The van der Waals surface area contributed by atoms with Crippen LogP contribution >= 0.6 is 0 Å². The number of aliphatic carboxylic acids is 1. The molecule has 1 heterocycles. The molecule has 1 aromatic heterocycles. The highest BCUT2D eigenvalue weighted by Crippen LogP contribution is 2.31. The molecule has 0 spiro atoms. The van der Waals surface area contributed by atoms with E-state index in [-0.39, 0.29) is 6.42 Å². The second-order valence-electron chi connectivity index (χ2n) is 8.24. The Morgan fingerprint density at radius 3 is 2.41 bits per heavy atom. The van der Waals surface area contributed by atoms with Gasteiger partial charge in [-0.3, -0.25) is 4.79 Å². The highest BCUT2D eigenvalue weighted by Gasteiger charge is 2.30. The molecular formula is C26H28F3NO4. The molecule has 182 valence electrons. The Balaban J connectivity index is 1.42. The number of carboxylic acid groups (broad SMARTS) is 1. The Morgan fingerprint density at radius 2 is 1.76 bits per heavy atom. The number of nitrogens with zero attached hydrogens (tertiary/aromatic N) is 1. The smallest absolute Gasteiger partial charge is 0.416 e. The lowest BCUT2D eigenvalue weighted by Crippen LogP contribution is -2.03. The van der Waals surface area contributed by atoms with E-state index in [0.717, 1.165) is 59.7 Å². The van der Waals surface area contributed by atoms with Crippen molar-refractivity contribution in [1.82, 2.24) is 4.98 Å². The summed E-state index contributed by atoms with van der Waals surface area (Å²) >= 11 is 0. The summed E-state index contributed by atoms with van der Waals surface area (Å²) in [5, 5.41) is 8.81. The fourth-order valence-corrected chi connectivity index (χ4v) is 3.62. The number of ether oxygens (including phenoxy) is 1. The van der Waals surface area contributed by atoms with E-state index >= 15 is 0 Å². The number of rotatable bonds is 11. The minimum Gasteiger partial charge on any atom is -0.494 e. The van der Waals surface area contributed by atoms with Gasteiger partial charge in [0.25, 0.3) is 0 Å². The molecule has 1 N–H and O–H groups in total. The van der Waals surface area contributed by atoms with E-state index < -0.39 is 17.7 Å². The second-order valence-corrected chi connectivity index (χ2v) is 8.24. The maximum Gasteiger partial charge on any atom is 0.416 e. The molecule has 3 aromatic rings. The van der Waals surface area contributed by atoms with Crippen molar-refractivity contribution in [3.63, 3.8) is 0 Å². The molecule has 0 unspecified atom stereocenters. The number of aryl methyl sites for hydroxylation is 4. The summed E-state index contributed by atoms with van der Waals surface area (Å²) in [5.74, 6) is 1.02. The maximum atomic E-state index is 12.7.